The largest absolute Gasteiger partial charge is 0.330 e. The molecule has 0 atom stereocenters. The number of carbonyl (C=O) groups excluding carboxylic acids is 2. The fourth-order valence-corrected chi connectivity index (χ4v) is 2.25. The molecule has 0 spiro atoms. The second-order valence-corrected chi connectivity index (χ2v) is 6.39. The average molecular weight is 330 g/mol. The van der Waals surface area contributed by atoms with Crippen LogP contribution in [-0.2, 0) is 9.59 Å². The molecule has 136 valence electrons. The Morgan fingerprint density at radius 1 is 0.826 bits per heavy atom. The number of hydrogen-bond acceptors (Lipinski definition) is 6. The highest BCUT2D eigenvalue weighted by atomic mass is 16.2. The third kappa shape index (κ3) is 7.74. The van der Waals surface area contributed by atoms with Gasteiger partial charge in [0.25, 0.3) is 0 Å². The van der Waals surface area contributed by atoms with Crippen molar-refractivity contribution >= 4 is 11.8 Å². The summed E-state index contributed by atoms with van der Waals surface area (Å²) in [5, 5.41) is 0. The number of rotatable bonds is 10. The summed E-state index contributed by atoms with van der Waals surface area (Å²) < 4.78 is 0. The first kappa shape index (κ1) is 21.8. The van der Waals surface area contributed by atoms with E-state index in [0.29, 0.717) is 32.5 Å². The molecule has 6 N–H and O–H groups in total. The van der Waals surface area contributed by atoms with Gasteiger partial charge >= 0.3 is 0 Å². The van der Waals surface area contributed by atoms with E-state index in [-0.39, 0.29) is 37.4 Å². The Morgan fingerprint density at radius 2 is 1.22 bits per heavy atom. The third-order valence-corrected chi connectivity index (χ3v) is 3.89. The smallest absolute Gasteiger partial charge is 0.225 e. The summed E-state index contributed by atoms with van der Waals surface area (Å²) >= 11 is 0. The molecule has 8 heteroatoms. The third-order valence-electron chi connectivity index (χ3n) is 3.89. The number of amides is 2. The molecular formula is C15H34N6O2. The summed E-state index contributed by atoms with van der Waals surface area (Å²) in [5.41, 5.74) is 16.4. The van der Waals surface area contributed by atoms with E-state index >= 15 is 0 Å². The number of carbonyl (C=O) groups is 2. The van der Waals surface area contributed by atoms with Gasteiger partial charge in [0.1, 0.15) is 0 Å². The lowest BCUT2D eigenvalue weighted by Crippen LogP contribution is -2.47. The van der Waals surface area contributed by atoms with Gasteiger partial charge in [-0.1, -0.05) is 0 Å². The van der Waals surface area contributed by atoms with Crippen LogP contribution in [0.2, 0.25) is 0 Å². The minimum Gasteiger partial charge on any atom is -0.330 e. The van der Waals surface area contributed by atoms with Crippen molar-refractivity contribution in [3.63, 3.8) is 0 Å². The van der Waals surface area contributed by atoms with E-state index in [1.807, 2.05) is 6.92 Å². The molecule has 0 radical (unpaired) electrons. The Labute approximate surface area is 139 Å². The molecule has 0 bridgehead atoms. The van der Waals surface area contributed by atoms with Crippen molar-refractivity contribution in [2.45, 2.75) is 46.1 Å². The van der Waals surface area contributed by atoms with Gasteiger partial charge in [0.05, 0.1) is 20.0 Å². The van der Waals surface area contributed by atoms with E-state index in [2.05, 4.69) is 25.7 Å². The molecular weight excluding hydrogens is 296 g/mol. The van der Waals surface area contributed by atoms with Crippen LogP contribution in [0.1, 0.15) is 40.5 Å². The number of nitrogens with two attached hydrogens (primary N) is 3. The van der Waals surface area contributed by atoms with Gasteiger partial charge in [0.15, 0.2) is 0 Å². The molecule has 0 saturated carbocycles. The van der Waals surface area contributed by atoms with Gasteiger partial charge in [0, 0.05) is 38.0 Å². The lowest BCUT2D eigenvalue weighted by molar-refractivity contribution is -0.131. The van der Waals surface area contributed by atoms with Crippen LogP contribution in [0.25, 0.3) is 0 Å². The van der Waals surface area contributed by atoms with Gasteiger partial charge in [-0.3, -0.25) is 14.5 Å². The summed E-state index contributed by atoms with van der Waals surface area (Å²) in [5.74, 6) is -0.0474. The maximum absolute atomic E-state index is 12.1. The standard InChI is InChI=1S/C15H34N6O2/c1-5-19(10-16)13(22)6-8-21(15(2,3)4)9-7-14(23)20(11-17)12-18/h5-12,16-18H2,1-4H3. The zero-order valence-electron chi connectivity index (χ0n) is 15.0. The van der Waals surface area contributed by atoms with E-state index < -0.39 is 0 Å². The molecule has 0 aromatic rings. The monoisotopic (exact) mass is 330 g/mol. The van der Waals surface area contributed by atoms with E-state index in [9.17, 15) is 9.59 Å². The maximum atomic E-state index is 12.1. The van der Waals surface area contributed by atoms with Gasteiger partial charge < -0.3 is 27.0 Å². The molecule has 0 aliphatic heterocycles. The molecule has 23 heavy (non-hydrogen) atoms. The first-order chi connectivity index (χ1) is 10.7. The molecule has 0 aromatic heterocycles. The van der Waals surface area contributed by atoms with Gasteiger partial charge in [-0.05, 0) is 27.7 Å². The normalized spacial score (nSPS) is 11.7. The van der Waals surface area contributed by atoms with E-state index in [1.165, 1.54) is 4.90 Å². The predicted octanol–water partition coefficient (Wildman–Crippen LogP) is -0.707. The highest BCUT2D eigenvalue weighted by Gasteiger charge is 2.24. The van der Waals surface area contributed by atoms with Crippen molar-refractivity contribution in [2.75, 3.05) is 39.6 Å². The van der Waals surface area contributed by atoms with Crippen LogP contribution < -0.4 is 17.2 Å². The average Bonchev–Trinajstić information content (AvgIpc) is 2.48. The summed E-state index contributed by atoms with van der Waals surface area (Å²) in [4.78, 5) is 29.2. The first-order valence-electron chi connectivity index (χ1n) is 8.12. The Balaban J connectivity index is 4.61. The maximum Gasteiger partial charge on any atom is 0.225 e. The van der Waals surface area contributed by atoms with E-state index in [1.54, 1.807) is 4.90 Å². The van der Waals surface area contributed by atoms with Gasteiger partial charge in [-0.15, -0.1) is 0 Å². The Bertz CT molecular complexity index is 333. The molecule has 0 heterocycles. The van der Waals surface area contributed by atoms with Crippen LogP contribution in [0.4, 0.5) is 0 Å². The minimum atomic E-state index is -0.142. The zero-order chi connectivity index (χ0) is 18.0. The van der Waals surface area contributed by atoms with Gasteiger partial charge in [-0.25, -0.2) is 0 Å². The van der Waals surface area contributed by atoms with Crippen LogP contribution in [0, 0.1) is 0 Å². The second kappa shape index (κ2) is 10.5. The molecule has 0 fully saturated rings. The quantitative estimate of drug-likeness (QED) is 0.455. The van der Waals surface area contributed by atoms with E-state index in [4.69, 9.17) is 17.2 Å². The fourth-order valence-electron chi connectivity index (χ4n) is 2.25. The Morgan fingerprint density at radius 3 is 1.52 bits per heavy atom. The van der Waals surface area contributed by atoms with Crippen LogP contribution in [-0.4, -0.2) is 71.7 Å². The van der Waals surface area contributed by atoms with Crippen molar-refractivity contribution < 1.29 is 9.59 Å². The van der Waals surface area contributed by atoms with Crippen molar-refractivity contribution in [1.29, 1.82) is 0 Å². The summed E-state index contributed by atoms with van der Waals surface area (Å²) in [7, 11) is 0. The summed E-state index contributed by atoms with van der Waals surface area (Å²) in [6.07, 6.45) is 0.711. The molecule has 0 aromatic carbocycles. The number of hydrogen-bond donors (Lipinski definition) is 3. The lowest BCUT2D eigenvalue weighted by Gasteiger charge is -2.36. The Hall–Kier alpha value is -1.22. The first-order valence-corrected chi connectivity index (χ1v) is 8.12. The summed E-state index contributed by atoms with van der Waals surface area (Å²) in [6, 6.07) is 0. The van der Waals surface area contributed by atoms with Gasteiger partial charge in [0.2, 0.25) is 11.8 Å². The van der Waals surface area contributed by atoms with Crippen molar-refractivity contribution in [2.24, 2.45) is 17.2 Å². The van der Waals surface area contributed by atoms with Crippen molar-refractivity contribution in [3.8, 4) is 0 Å². The lowest BCUT2D eigenvalue weighted by atomic mass is 10.0. The molecule has 0 saturated heterocycles. The second-order valence-electron chi connectivity index (χ2n) is 6.39. The molecule has 8 nitrogen and oxygen atoms in total. The van der Waals surface area contributed by atoms with Crippen LogP contribution in [0.5, 0.6) is 0 Å². The fraction of sp³-hybridized carbons (Fsp3) is 0.867. The van der Waals surface area contributed by atoms with Crippen molar-refractivity contribution in [1.82, 2.24) is 14.7 Å². The molecule has 2 amide bonds. The van der Waals surface area contributed by atoms with Crippen LogP contribution >= 0.6 is 0 Å². The Kier molecular flexibility index (Phi) is 9.98. The van der Waals surface area contributed by atoms with Crippen molar-refractivity contribution in [3.05, 3.63) is 0 Å². The van der Waals surface area contributed by atoms with E-state index in [0.717, 1.165) is 0 Å². The van der Waals surface area contributed by atoms with Crippen LogP contribution in [0.3, 0.4) is 0 Å². The SMILES string of the molecule is CCN(CN)C(=O)CCN(CCC(=O)N(CN)CN)C(C)(C)C. The van der Waals surface area contributed by atoms with Crippen LogP contribution in [0.15, 0.2) is 0 Å². The minimum absolute atomic E-state index is 0.0288. The summed E-state index contributed by atoms with van der Waals surface area (Å²) in [6.45, 7) is 10.3. The molecule has 0 aliphatic carbocycles. The highest BCUT2D eigenvalue weighted by Crippen LogP contribution is 2.15. The predicted molar refractivity (Wildman–Crippen MR) is 92.0 cm³/mol. The van der Waals surface area contributed by atoms with Gasteiger partial charge in [-0.2, -0.15) is 0 Å². The number of nitrogens with zero attached hydrogens (tertiary/aromatic N) is 3. The molecule has 0 rings (SSSR count). The highest BCUT2D eigenvalue weighted by molar-refractivity contribution is 5.77. The molecule has 0 aliphatic rings. The molecule has 0 unspecified atom stereocenters. The topological polar surface area (TPSA) is 122 Å². The zero-order valence-corrected chi connectivity index (χ0v) is 15.0.